The van der Waals surface area contributed by atoms with Crippen LogP contribution in [0.3, 0.4) is 0 Å². The van der Waals surface area contributed by atoms with Gasteiger partial charge in [-0.15, -0.1) is 0 Å². The van der Waals surface area contributed by atoms with Gasteiger partial charge in [-0.25, -0.2) is 0 Å². The van der Waals surface area contributed by atoms with Crippen molar-refractivity contribution < 1.29 is 9.47 Å². The third-order valence-electron chi connectivity index (χ3n) is 6.33. The average molecular weight is 566 g/mol. The number of nitrogens with one attached hydrogen (secondary N) is 1. The van der Waals surface area contributed by atoms with Crippen LogP contribution in [0.15, 0.2) is 65.2 Å². The first-order valence-corrected chi connectivity index (χ1v) is 12.5. The van der Waals surface area contributed by atoms with Crippen LogP contribution < -0.4 is 14.8 Å². The lowest BCUT2D eigenvalue weighted by molar-refractivity contribution is 0.282. The maximum atomic E-state index is 6.58. The quantitative estimate of drug-likeness (QED) is 0.314. The van der Waals surface area contributed by atoms with Crippen molar-refractivity contribution in [3.05, 3.63) is 96.9 Å². The summed E-state index contributed by atoms with van der Waals surface area (Å²) in [5.74, 6) is 1.90. The molecule has 3 nitrogen and oxygen atoms in total. The van der Waals surface area contributed by atoms with Gasteiger partial charge < -0.3 is 14.8 Å². The molecule has 1 aliphatic heterocycles. The van der Waals surface area contributed by atoms with Gasteiger partial charge in [0, 0.05) is 21.5 Å². The molecule has 33 heavy (non-hydrogen) atoms. The van der Waals surface area contributed by atoms with E-state index in [1.807, 2.05) is 36.4 Å². The van der Waals surface area contributed by atoms with Crippen molar-refractivity contribution in [2.45, 2.75) is 25.0 Å². The Labute approximate surface area is 216 Å². The summed E-state index contributed by atoms with van der Waals surface area (Å²) in [6.07, 6.45) is 5.47. The predicted molar refractivity (Wildman–Crippen MR) is 139 cm³/mol. The van der Waals surface area contributed by atoms with Crippen molar-refractivity contribution in [2.75, 3.05) is 12.4 Å². The molecule has 0 saturated heterocycles. The SMILES string of the molecule is COc1cc([C@H]2Nc3c(Cl)cc(Cl)cc3C3C=CCC32)cc(Br)c1OCc1ccccc1Cl. The van der Waals surface area contributed by atoms with Gasteiger partial charge in [0.1, 0.15) is 6.61 Å². The molecule has 0 aromatic heterocycles. The van der Waals surface area contributed by atoms with Gasteiger partial charge in [0.25, 0.3) is 0 Å². The minimum Gasteiger partial charge on any atom is -0.493 e. The van der Waals surface area contributed by atoms with E-state index in [4.69, 9.17) is 44.3 Å². The summed E-state index contributed by atoms with van der Waals surface area (Å²) in [7, 11) is 1.65. The Bertz CT molecular complexity index is 1250. The zero-order valence-electron chi connectivity index (χ0n) is 17.7. The van der Waals surface area contributed by atoms with E-state index in [1.165, 1.54) is 0 Å². The molecule has 7 heteroatoms. The molecule has 0 radical (unpaired) electrons. The Hall–Kier alpha value is -1.85. The van der Waals surface area contributed by atoms with E-state index in [0.29, 0.717) is 39.1 Å². The van der Waals surface area contributed by atoms with Crippen molar-refractivity contribution in [3.63, 3.8) is 0 Å². The number of allylic oxidation sites excluding steroid dienone is 2. The molecule has 170 valence electrons. The lowest BCUT2D eigenvalue weighted by atomic mass is 9.77. The van der Waals surface area contributed by atoms with Crippen LogP contribution in [0.1, 0.15) is 35.1 Å². The van der Waals surface area contributed by atoms with E-state index in [2.05, 4.69) is 39.5 Å². The molecule has 2 aliphatic rings. The smallest absolute Gasteiger partial charge is 0.175 e. The zero-order chi connectivity index (χ0) is 23.1. The normalized spacial score (nSPS) is 20.7. The first-order chi connectivity index (χ1) is 16.0. The maximum Gasteiger partial charge on any atom is 0.175 e. The number of rotatable bonds is 5. The number of ether oxygens (including phenoxy) is 2. The first kappa shape index (κ1) is 22.9. The Balaban J connectivity index is 1.48. The van der Waals surface area contributed by atoms with E-state index < -0.39 is 0 Å². The largest absolute Gasteiger partial charge is 0.493 e. The highest BCUT2D eigenvalue weighted by Crippen LogP contribution is 2.53. The highest BCUT2D eigenvalue weighted by atomic mass is 79.9. The number of fused-ring (bicyclic) bond motifs is 3. The fraction of sp³-hybridized carbons (Fsp3) is 0.231. The van der Waals surface area contributed by atoms with Gasteiger partial charge in [0.15, 0.2) is 11.5 Å². The molecule has 2 unspecified atom stereocenters. The molecule has 3 aromatic carbocycles. The monoisotopic (exact) mass is 563 g/mol. The fourth-order valence-corrected chi connectivity index (χ4v) is 6.10. The molecule has 1 N–H and O–H groups in total. The van der Waals surface area contributed by atoms with E-state index in [1.54, 1.807) is 13.2 Å². The molecule has 0 amide bonds. The average Bonchev–Trinajstić information content (AvgIpc) is 3.29. The Morgan fingerprint density at radius 2 is 1.88 bits per heavy atom. The van der Waals surface area contributed by atoms with E-state index >= 15 is 0 Å². The Morgan fingerprint density at radius 3 is 2.67 bits per heavy atom. The first-order valence-electron chi connectivity index (χ1n) is 10.6. The molecule has 0 spiro atoms. The third kappa shape index (κ3) is 4.35. The van der Waals surface area contributed by atoms with E-state index in [9.17, 15) is 0 Å². The summed E-state index contributed by atoms with van der Waals surface area (Å²) >= 11 is 22.9. The van der Waals surface area contributed by atoms with Crippen LogP contribution in [0, 0.1) is 5.92 Å². The standard InChI is InChI=1S/C26H21BrCl3NO2/c1-32-23-10-15(9-20(27)26(23)33-13-14-5-2-3-8-21(14)29)24-18-7-4-6-17(18)19-11-16(28)12-22(30)25(19)31-24/h2-6,8-12,17-18,24,31H,7,13H2,1H3/t17?,18?,24-/m1/s1. The molecule has 0 saturated carbocycles. The maximum absolute atomic E-state index is 6.58. The van der Waals surface area contributed by atoms with Crippen LogP contribution in [0.5, 0.6) is 11.5 Å². The lowest BCUT2D eigenvalue weighted by Crippen LogP contribution is -2.29. The molecule has 3 aromatic rings. The van der Waals surface area contributed by atoms with Crippen LogP contribution >= 0.6 is 50.7 Å². The molecule has 5 rings (SSSR count). The summed E-state index contributed by atoms with van der Waals surface area (Å²) in [6, 6.07) is 15.6. The minimum atomic E-state index is 0.0546. The third-order valence-corrected chi connectivity index (χ3v) is 7.80. The molecular weight excluding hydrogens is 545 g/mol. The minimum absolute atomic E-state index is 0.0546. The van der Waals surface area contributed by atoms with Gasteiger partial charge in [0.2, 0.25) is 0 Å². The number of methoxy groups -OCH3 is 1. The van der Waals surface area contributed by atoms with Crippen LogP contribution in [0.2, 0.25) is 15.1 Å². The topological polar surface area (TPSA) is 30.5 Å². The summed E-state index contributed by atoms with van der Waals surface area (Å²) in [6.45, 7) is 0.341. The van der Waals surface area contributed by atoms with E-state index in [-0.39, 0.29) is 12.0 Å². The second-order valence-electron chi connectivity index (χ2n) is 8.24. The summed E-state index contributed by atoms with van der Waals surface area (Å²) < 4.78 is 12.7. The van der Waals surface area contributed by atoms with Crippen molar-refractivity contribution >= 4 is 56.4 Å². The molecule has 0 bridgehead atoms. The number of hydrogen-bond acceptors (Lipinski definition) is 3. The van der Waals surface area contributed by atoms with Crippen LogP contribution in [0.4, 0.5) is 5.69 Å². The molecular formula is C26H21BrCl3NO2. The molecule has 0 fully saturated rings. The van der Waals surface area contributed by atoms with Gasteiger partial charge in [-0.05, 0) is 69.7 Å². The van der Waals surface area contributed by atoms with E-state index in [0.717, 1.165) is 33.3 Å². The van der Waals surface area contributed by atoms with Crippen LogP contribution in [-0.4, -0.2) is 7.11 Å². The summed E-state index contributed by atoms with van der Waals surface area (Å²) in [5.41, 5.74) is 4.09. The highest BCUT2D eigenvalue weighted by Gasteiger charge is 2.39. The molecule has 1 aliphatic carbocycles. The highest BCUT2D eigenvalue weighted by molar-refractivity contribution is 9.10. The van der Waals surface area contributed by atoms with Crippen molar-refractivity contribution in [1.29, 1.82) is 0 Å². The van der Waals surface area contributed by atoms with Gasteiger partial charge in [0.05, 0.1) is 28.3 Å². The number of halogens is 4. The zero-order valence-corrected chi connectivity index (χ0v) is 21.6. The van der Waals surface area contributed by atoms with Gasteiger partial charge in [-0.3, -0.25) is 0 Å². The van der Waals surface area contributed by atoms with Gasteiger partial charge >= 0.3 is 0 Å². The van der Waals surface area contributed by atoms with Crippen molar-refractivity contribution in [1.82, 2.24) is 0 Å². The van der Waals surface area contributed by atoms with Crippen LogP contribution in [-0.2, 0) is 6.61 Å². The summed E-state index contributed by atoms with van der Waals surface area (Å²) in [4.78, 5) is 0. The van der Waals surface area contributed by atoms with Crippen molar-refractivity contribution in [2.24, 2.45) is 5.92 Å². The van der Waals surface area contributed by atoms with Crippen LogP contribution in [0.25, 0.3) is 0 Å². The summed E-state index contributed by atoms with van der Waals surface area (Å²) in [5, 5.41) is 5.64. The van der Waals surface area contributed by atoms with Gasteiger partial charge in [-0.2, -0.15) is 0 Å². The molecule has 1 heterocycles. The number of hydrogen-bond donors (Lipinski definition) is 1. The van der Waals surface area contributed by atoms with Gasteiger partial charge in [-0.1, -0.05) is 65.2 Å². The lowest BCUT2D eigenvalue weighted by Gasteiger charge is -2.38. The Kier molecular flexibility index (Phi) is 6.54. The van der Waals surface area contributed by atoms with Crippen molar-refractivity contribution in [3.8, 4) is 11.5 Å². The second-order valence-corrected chi connectivity index (χ2v) is 10.3. The number of anilines is 1. The molecule has 3 atom stereocenters. The second kappa shape index (κ2) is 9.42. The Morgan fingerprint density at radius 1 is 1.06 bits per heavy atom. The number of benzene rings is 3. The predicted octanol–water partition coefficient (Wildman–Crippen LogP) is 8.82. The fourth-order valence-electron chi connectivity index (χ4n) is 4.78.